The lowest BCUT2D eigenvalue weighted by molar-refractivity contribution is 0.354. The Morgan fingerprint density at radius 3 is 2.33 bits per heavy atom. The molecule has 1 aliphatic rings. The first-order valence-electron chi connectivity index (χ1n) is 11.2. The van der Waals surface area contributed by atoms with E-state index in [1.807, 2.05) is 11.8 Å². The Morgan fingerprint density at radius 1 is 1.09 bits per heavy atom. The van der Waals surface area contributed by atoms with Gasteiger partial charge < -0.3 is 9.47 Å². The minimum atomic E-state index is -4.10. The number of aromatic nitrogens is 1. The minimum absolute atomic E-state index is 0.0280. The first-order chi connectivity index (χ1) is 15.6. The van der Waals surface area contributed by atoms with E-state index in [1.165, 1.54) is 36.5 Å². The molecule has 4 rings (SSSR count). The summed E-state index contributed by atoms with van der Waals surface area (Å²) in [7, 11) is -4.10. The number of benzene rings is 2. The van der Waals surface area contributed by atoms with Gasteiger partial charge in [0, 0.05) is 30.9 Å². The van der Waals surface area contributed by atoms with E-state index >= 15 is 4.39 Å². The normalized spacial score (nSPS) is 19.2. The zero-order valence-corrected chi connectivity index (χ0v) is 20.6. The Kier molecular flexibility index (Phi) is 6.56. The van der Waals surface area contributed by atoms with E-state index in [0.717, 1.165) is 25.9 Å². The number of pyridine rings is 1. The molecule has 8 heteroatoms. The standard InChI is InChI=1S/C25H28ClFN2O3S/c1-4-9-28-15-24(33(31,32)19-7-5-18(26)6-8-19)25(30)20-11-21(27)23(12-22(20)28)29-13-16(2)10-17(3)14-29/h5-8,11-12,15-17H,4,9-10,13-14H2,1-3H3/t16-,17-/m0/s1. The van der Waals surface area contributed by atoms with Crippen LogP contribution in [0.5, 0.6) is 0 Å². The predicted molar refractivity (Wildman–Crippen MR) is 131 cm³/mol. The van der Waals surface area contributed by atoms with E-state index < -0.39 is 21.1 Å². The summed E-state index contributed by atoms with van der Waals surface area (Å²) < 4.78 is 43.6. The fourth-order valence-electron chi connectivity index (χ4n) is 4.83. The molecule has 0 radical (unpaired) electrons. The molecular weight excluding hydrogens is 463 g/mol. The predicted octanol–water partition coefficient (Wildman–Crippen LogP) is 5.52. The van der Waals surface area contributed by atoms with Crippen LogP contribution in [0.25, 0.3) is 10.9 Å². The lowest BCUT2D eigenvalue weighted by atomic mass is 9.91. The van der Waals surface area contributed by atoms with Crippen LogP contribution in [0.4, 0.5) is 10.1 Å². The van der Waals surface area contributed by atoms with Crippen molar-refractivity contribution in [2.24, 2.45) is 11.8 Å². The molecule has 176 valence electrons. The van der Waals surface area contributed by atoms with E-state index in [1.54, 1.807) is 10.6 Å². The van der Waals surface area contributed by atoms with E-state index in [2.05, 4.69) is 13.8 Å². The van der Waals surface area contributed by atoms with Gasteiger partial charge in [0.05, 0.1) is 21.5 Å². The highest BCUT2D eigenvalue weighted by Gasteiger charge is 2.27. The van der Waals surface area contributed by atoms with Crippen LogP contribution >= 0.6 is 11.6 Å². The van der Waals surface area contributed by atoms with Gasteiger partial charge in [-0.05, 0) is 61.1 Å². The monoisotopic (exact) mass is 490 g/mol. The average Bonchev–Trinajstić information content (AvgIpc) is 2.75. The number of hydrogen-bond donors (Lipinski definition) is 0. The molecule has 5 nitrogen and oxygen atoms in total. The molecule has 1 saturated heterocycles. The Balaban J connectivity index is 1.91. The molecule has 2 heterocycles. The molecule has 2 atom stereocenters. The Labute approximate surface area is 198 Å². The van der Waals surface area contributed by atoms with Gasteiger partial charge in [0.25, 0.3) is 0 Å². The van der Waals surface area contributed by atoms with Crippen molar-refractivity contribution in [2.45, 2.75) is 49.9 Å². The maximum absolute atomic E-state index is 15.3. The SMILES string of the molecule is CCCn1cc(S(=O)(=O)c2ccc(Cl)cc2)c(=O)c2cc(F)c(N3C[C@@H](C)C[C@H](C)C3)cc21. The van der Waals surface area contributed by atoms with Gasteiger partial charge in [-0.2, -0.15) is 0 Å². The van der Waals surface area contributed by atoms with Crippen LogP contribution in [0.1, 0.15) is 33.6 Å². The Bertz CT molecular complexity index is 1340. The van der Waals surface area contributed by atoms with Crippen molar-refractivity contribution in [1.29, 1.82) is 0 Å². The molecule has 0 unspecified atom stereocenters. The quantitative estimate of drug-likeness (QED) is 0.472. The number of sulfone groups is 1. The van der Waals surface area contributed by atoms with Gasteiger partial charge in [-0.1, -0.05) is 32.4 Å². The summed E-state index contributed by atoms with van der Waals surface area (Å²) in [5, 5.41) is 0.463. The summed E-state index contributed by atoms with van der Waals surface area (Å²) in [6.45, 7) is 8.26. The third-order valence-electron chi connectivity index (χ3n) is 6.20. The fourth-order valence-corrected chi connectivity index (χ4v) is 6.33. The maximum Gasteiger partial charge on any atom is 0.211 e. The summed E-state index contributed by atoms with van der Waals surface area (Å²) in [6, 6.07) is 8.57. The van der Waals surface area contributed by atoms with Crippen molar-refractivity contribution in [2.75, 3.05) is 18.0 Å². The number of nitrogens with zero attached hydrogens (tertiary/aromatic N) is 2. The van der Waals surface area contributed by atoms with Crippen LogP contribution in [0.3, 0.4) is 0 Å². The van der Waals surface area contributed by atoms with Gasteiger partial charge in [0.2, 0.25) is 15.3 Å². The third kappa shape index (κ3) is 4.53. The smallest absolute Gasteiger partial charge is 0.211 e. The highest BCUT2D eigenvalue weighted by molar-refractivity contribution is 7.91. The first-order valence-corrected chi connectivity index (χ1v) is 13.1. The highest BCUT2D eigenvalue weighted by atomic mass is 35.5. The summed E-state index contributed by atoms with van der Waals surface area (Å²) in [5.41, 5.74) is 0.302. The van der Waals surface area contributed by atoms with Crippen molar-refractivity contribution >= 4 is 38.0 Å². The minimum Gasteiger partial charge on any atom is -0.369 e. The molecule has 0 spiro atoms. The highest BCUT2D eigenvalue weighted by Crippen LogP contribution is 2.32. The number of hydrogen-bond acceptors (Lipinski definition) is 4. The van der Waals surface area contributed by atoms with Crippen LogP contribution in [0.2, 0.25) is 5.02 Å². The largest absolute Gasteiger partial charge is 0.369 e. The van der Waals surface area contributed by atoms with Gasteiger partial charge in [0.15, 0.2) is 0 Å². The van der Waals surface area contributed by atoms with Crippen LogP contribution < -0.4 is 10.3 Å². The molecule has 1 aromatic heterocycles. The number of fused-ring (bicyclic) bond motifs is 1. The van der Waals surface area contributed by atoms with Crippen molar-refractivity contribution in [3.8, 4) is 0 Å². The Morgan fingerprint density at radius 2 is 1.73 bits per heavy atom. The van der Waals surface area contributed by atoms with Crippen LogP contribution in [-0.2, 0) is 16.4 Å². The molecule has 0 amide bonds. The number of piperidine rings is 1. The zero-order valence-electron chi connectivity index (χ0n) is 19.0. The zero-order chi connectivity index (χ0) is 23.9. The number of aryl methyl sites for hydroxylation is 1. The fraction of sp³-hybridized carbons (Fsp3) is 0.400. The molecule has 1 fully saturated rings. The van der Waals surface area contributed by atoms with E-state index in [-0.39, 0.29) is 15.2 Å². The molecule has 0 saturated carbocycles. The van der Waals surface area contributed by atoms with Gasteiger partial charge in [-0.15, -0.1) is 0 Å². The van der Waals surface area contributed by atoms with Crippen molar-refractivity contribution < 1.29 is 12.8 Å². The molecular formula is C25H28ClFN2O3S. The first kappa shape index (κ1) is 23.8. The lowest BCUT2D eigenvalue weighted by Crippen LogP contribution is -2.39. The summed E-state index contributed by atoms with van der Waals surface area (Å²) >= 11 is 5.89. The molecule has 2 aromatic carbocycles. The summed E-state index contributed by atoms with van der Waals surface area (Å²) in [6.07, 6.45) is 3.21. The number of anilines is 1. The van der Waals surface area contributed by atoms with Crippen molar-refractivity contribution in [1.82, 2.24) is 4.57 Å². The van der Waals surface area contributed by atoms with Crippen LogP contribution in [0.15, 0.2) is 57.2 Å². The molecule has 3 aromatic rings. The van der Waals surface area contributed by atoms with Gasteiger partial charge in [-0.3, -0.25) is 4.79 Å². The second kappa shape index (κ2) is 9.11. The van der Waals surface area contributed by atoms with Crippen molar-refractivity contribution in [3.05, 3.63) is 63.7 Å². The second-order valence-corrected chi connectivity index (χ2v) is 11.5. The van der Waals surface area contributed by atoms with Gasteiger partial charge >= 0.3 is 0 Å². The van der Waals surface area contributed by atoms with Crippen molar-refractivity contribution in [3.63, 3.8) is 0 Å². The van der Waals surface area contributed by atoms with Crippen LogP contribution in [-0.4, -0.2) is 26.1 Å². The van der Waals surface area contributed by atoms with Crippen LogP contribution in [0, 0.1) is 17.7 Å². The molecule has 0 aliphatic carbocycles. The average molecular weight is 491 g/mol. The van der Waals surface area contributed by atoms with E-state index in [0.29, 0.717) is 34.6 Å². The number of rotatable bonds is 5. The van der Waals surface area contributed by atoms with Gasteiger partial charge in [0.1, 0.15) is 10.7 Å². The topological polar surface area (TPSA) is 59.4 Å². The Hall–Kier alpha value is -2.38. The molecule has 1 aliphatic heterocycles. The molecule has 0 bridgehead atoms. The number of halogens is 2. The third-order valence-corrected chi connectivity index (χ3v) is 8.22. The van der Waals surface area contributed by atoms with E-state index in [9.17, 15) is 13.2 Å². The lowest BCUT2D eigenvalue weighted by Gasteiger charge is -2.37. The summed E-state index contributed by atoms with van der Waals surface area (Å²) in [4.78, 5) is 15.0. The van der Waals surface area contributed by atoms with E-state index in [4.69, 9.17) is 11.6 Å². The molecule has 33 heavy (non-hydrogen) atoms. The van der Waals surface area contributed by atoms with Gasteiger partial charge in [-0.25, -0.2) is 12.8 Å². The molecule has 0 N–H and O–H groups in total. The maximum atomic E-state index is 15.3. The second-order valence-electron chi connectivity index (χ2n) is 9.15. The summed E-state index contributed by atoms with van der Waals surface area (Å²) in [5.74, 6) is 0.368.